The molecule has 0 bridgehead atoms. The van der Waals surface area contributed by atoms with Crippen LogP contribution in [-0.4, -0.2) is 23.0 Å². The Morgan fingerprint density at radius 1 is 0.857 bits per heavy atom. The maximum atomic E-state index is 6.86. The Hall–Kier alpha value is -1.87. The van der Waals surface area contributed by atoms with E-state index in [1.165, 1.54) is 10.4 Å². The van der Waals surface area contributed by atoms with E-state index in [2.05, 4.69) is 119 Å². The summed E-state index contributed by atoms with van der Waals surface area (Å²) in [5, 5.41) is 2.68. The molecule has 0 aliphatic carbocycles. The summed E-state index contributed by atoms with van der Waals surface area (Å²) in [6, 6.07) is 21.6. The first-order chi connectivity index (χ1) is 13.2. The van der Waals surface area contributed by atoms with Gasteiger partial charge >= 0.3 is 0 Å². The van der Waals surface area contributed by atoms with Gasteiger partial charge < -0.3 is 4.43 Å². The molecule has 3 heteroatoms. The van der Waals surface area contributed by atoms with Gasteiger partial charge in [0.05, 0.1) is 0 Å². The van der Waals surface area contributed by atoms with E-state index in [0.29, 0.717) is 6.61 Å². The van der Waals surface area contributed by atoms with Gasteiger partial charge in [0.2, 0.25) is 0 Å². The van der Waals surface area contributed by atoms with Gasteiger partial charge in [-0.2, -0.15) is 0 Å². The first-order valence-electron chi connectivity index (χ1n) is 10.1. The van der Waals surface area contributed by atoms with Crippen LogP contribution in [0.4, 0.5) is 0 Å². The molecular weight excluding hydrogens is 372 g/mol. The smallest absolute Gasteiger partial charge is 0.261 e. The average molecular weight is 407 g/mol. The number of rotatable bonds is 6. The zero-order valence-electron chi connectivity index (χ0n) is 18.3. The lowest BCUT2D eigenvalue weighted by Gasteiger charge is -2.43. The van der Waals surface area contributed by atoms with Crippen molar-refractivity contribution in [3.05, 3.63) is 72.8 Å². The zero-order chi connectivity index (χ0) is 20.7. The van der Waals surface area contributed by atoms with Gasteiger partial charge in [0, 0.05) is 6.61 Å². The van der Waals surface area contributed by atoms with Gasteiger partial charge in [-0.1, -0.05) is 113 Å². The highest BCUT2D eigenvalue weighted by molar-refractivity contribution is 6.99. The van der Waals surface area contributed by atoms with Crippen LogP contribution in [0.5, 0.6) is 0 Å². The normalized spacial score (nSPS) is 12.6. The van der Waals surface area contributed by atoms with Gasteiger partial charge in [0.1, 0.15) is 8.07 Å². The van der Waals surface area contributed by atoms with Crippen molar-refractivity contribution in [2.24, 2.45) is 0 Å². The molecule has 0 unspecified atom stereocenters. The van der Waals surface area contributed by atoms with Crippen LogP contribution < -0.4 is 10.4 Å². The van der Waals surface area contributed by atoms with Crippen molar-refractivity contribution in [1.29, 1.82) is 0 Å². The molecule has 0 radical (unpaired) electrons. The topological polar surface area (TPSA) is 9.23 Å². The van der Waals surface area contributed by atoms with Crippen molar-refractivity contribution in [2.75, 3.05) is 6.61 Å². The molecule has 0 saturated carbocycles. The molecule has 0 aromatic heterocycles. The second-order valence-electron chi connectivity index (χ2n) is 9.22. The standard InChI is InChI=1S/C25H34OSi2/c1-25(2,3)28(23-17-11-9-12-18-23,24-19-13-10-14-20-24)26-21-15-7-8-16-22-27(4,5)6/h7-14,17-20H,15,21H2,1-6H3/b8-7+. The van der Waals surface area contributed by atoms with E-state index in [9.17, 15) is 0 Å². The second kappa shape index (κ2) is 9.56. The van der Waals surface area contributed by atoms with Gasteiger partial charge in [-0.05, 0) is 27.9 Å². The molecule has 0 spiro atoms. The van der Waals surface area contributed by atoms with Crippen molar-refractivity contribution in [2.45, 2.75) is 51.9 Å². The monoisotopic (exact) mass is 406 g/mol. The van der Waals surface area contributed by atoms with Crippen molar-refractivity contribution < 1.29 is 4.43 Å². The minimum atomic E-state index is -2.41. The summed E-state index contributed by atoms with van der Waals surface area (Å²) in [4.78, 5) is 0. The predicted molar refractivity (Wildman–Crippen MR) is 128 cm³/mol. The Morgan fingerprint density at radius 2 is 1.36 bits per heavy atom. The van der Waals surface area contributed by atoms with Crippen LogP contribution >= 0.6 is 0 Å². The summed E-state index contributed by atoms with van der Waals surface area (Å²) in [7, 11) is -3.72. The average Bonchev–Trinajstić information content (AvgIpc) is 2.63. The largest absolute Gasteiger partial charge is 0.407 e. The van der Waals surface area contributed by atoms with Crippen LogP contribution in [0.2, 0.25) is 24.7 Å². The van der Waals surface area contributed by atoms with Crippen LogP contribution in [0.3, 0.4) is 0 Å². The third-order valence-electron chi connectivity index (χ3n) is 4.67. The fourth-order valence-electron chi connectivity index (χ4n) is 3.44. The van der Waals surface area contributed by atoms with Gasteiger partial charge in [-0.25, -0.2) is 0 Å². The molecule has 0 fully saturated rings. The molecule has 2 aromatic carbocycles. The fraction of sp³-hybridized carbons (Fsp3) is 0.360. The van der Waals surface area contributed by atoms with Crippen molar-refractivity contribution >= 4 is 26.8 Å². The SMILES string of the molecule is CC(C)(C)[Si](OCC/C=C/C#C[Si](C)(C)C)(c1ccccc1)c1ccccc1. The number of benzene rings is 2. The summed E-state index contributed by atoms with van der Waals surface area (Å²) in [5.41, 5.74) is 3.37. The summed E-state index contributed by atoms with van der Waals surface area (Å²) in [6.45, 7) is 14.4. The van der Waals surface area contributed by atoms with Crippen LogP contribution in [0.1, 0.15) is 27.2 Å². The highest BCUT2D eigenvalue weighted by atomic mass is 28.4. The molecule has 0 atom stereocenters. The second-order valence-corrected chi connectivity index (χ2v) is 18.3. The zero-order valence-corrected chi connectivity index (χ0v) is 20.3. The van der Waals surface area contributed by atoms with E-state index in [1.54, 1.807) is 0 Å². The molecule has 0 aliphatic rings. The highest BCUT2D eigenvalue weighted by Crippen LogP contribution is 2.36. The van der Waals surface area contributed by atoms with Gasteiger partial charge in [-0.15, -0.1) is 5.54 Å². The molecular formula is C25H34OSi2. The fourth-order valence-corrected chi connectivity index (χ4v) is 8.54. The molecule has 0 N–H and O–H groups in total. The quantitative estimate of drug-likeness (QED) is 0.355. The van der Waals surface area contributed by atoms with E-state index >= 15 is 0 Å². The van der Waals surface area contributed by atoms with E-state index in [0.717, 1.165) is 6.42 Å². The van der Waals surface area contributed by atoms with E-state index in [1.807, 2.05) is 6.08 Å². The summed E-state index contributed by atoms with van der Waals surface area (Å²) >= 11 is 0. The molecule has 0 saturated heterocycles. The van der Waals surface area contributed by atoms with Crippen LogP contribution in [0.25, 0.3) is 0 Å². The van der Waals surface area contributed by atoms with Gasteiger partial charge in [0.15, 0.2) is 0 Å². The Labute approximate surface area is 174 Å². The summed E-state index contributed by atoms with van der Waals surface area (Å²) in [5.74, 6) is 3.20. The van der Waals surface area contributed by atoms with E-state index in [4.69, 9.17) is 4.43 Å². The molecule has 1 nitrogen and oxygen atoms in total. The molecule has 0 heterocycles. The molecule has 2 aromatic rings. The predicted octanol–water partition coefficient (Wildman–Crippen LogP) is 5.39. The van der Waals surface area contributed by atoms with Gasteiger partial charge in [-0.3, -0.25) is 0 Å². The maximum Gasteiger partial charge on any atom is 0.261 e. The third-order valence-corrected chi connectivity index (χ3v) is 10.6. The molecule has 0 aliphatic heterocycles. The third kappa shape index (κ3) is 5.81. The van der Waals surface area contributed by atoms with Crippen molar-refractivity contribution in [1.82, 2.24) is 0 Å². The molecule has 148 valence electrons. The number of hydrogen-bond acceptors (Lipinski definition) is 1. The molecule has 28 heavy (non-hydrogen) atoms. The van der Waals surface area contributed by atoms with Crippen LogP contribution in [0, 0.1) is 11.5 Å². The van der Waals surface area contributed by atoms with Gasteiger partial charge in [0.25, 0.3) is 8.32 Å². The lowest BCUT2D eigenvalue weighted by atomic mass is 10.2. The van der Waals surface area contributed by atoms with Crippen LogP contribution in [0.15, 0.2) is 72.8 Å². The minimum Gasteiger partial charge on any atom is -0.407 e. The van der Waals surface area contributed by atoms with Crippen molar-refractivity contribution in [3.8, 4) is 11.5 Å². The number of allylic oxidation sites excluding steroid dienone is 1. The first-order valence-corrected chi connectivity index (χ1v) is 15.5. The lowest BCUT2D eigenvalue weighted by molar-refractivity contribution is 0.304. The minimum absolute atomic E-state index is 0.0249. The van der Waals surface area contributed by atoms with E-state index in [-0.39, 0.29) is 5.04 Å². The van der Waals surface area contributed by atoms with Crippen LogP contribution in [-0.2, 0) is 4.43 Å². The molecule has 2 rings (SSSR count). The summed E-state index contributed by atoms with van der Waals surface area (Å²) < 4.78 is 6.86. The molecule has 0 amide bonds. The number of hydrogen-bond donors (Lipinski definition) is 0. The van der Waals surface area contributed by atoms with Crippen molar-refractivity contribution in [3.63, 3.8) is 0 Å². The van der Waals surface area contributed by atoms with E-state index < -0.39 is 16.4 Å². The Bertz CT molecular complexity index is 777. The highest BCUT2D eigenvalue weighted by Gasteiger charge is 2.49. The first kappa shape index (κ1) is 22.4. The lowest BCUT2D eigenvalue weighted by Crippen LogP contribution is -2.66. The maximum absolute atomic E-state index is 6.86. The Kier molecular flexibility index (Phi) is 7.65. The summed E-state index contributed by atoms with van der Waals surface area (Å²) in [6.07, 6.45) is 5.02. The Balaban J connectivity index is 2.29. The Morgan fingerprint density at radius 3 is 1.79 bits per heavy atom.